The van der Waals surface area contributed by atoms with Gasteiger partial charge in [-0.1, -0.05) is 6.07 Å². The fraction of sp³-hybridized carbons (Fsp3) is 0.200. The first-order valence-corrected chi connectivity index (χ1v) is 5.09. The largest absolute Gasteiger partial charge is 0.334 e. The summed E-state index contributed by atoms with van der Waals surface area (Å²) in [5.74, 6) is 3.97. The van der Waals surface area contributed by atoms with Crippen molar-refractivity contribution in [1.29, 1.82) is 0 Å². The van der Waals surface area contributed by atoms with Gasteiger partial charge in [0, 0.05) is 13.2 Å². The summed E-state index contributed by atoms with van der Waals surface area (Å²) < 4.78 is 0. The first kappa shape index (κ1) is 12.0. The average molecular weight is 249 g/mol. The highest BCUT2D eigenvalue weighted by Gasteiger charge is 2.41. The lowest BCUT2D eigenvalue weighted by atomic mass is 10.2. The van der Waals surface area contributed by atoms with Crippen LogP contribution in [0.3, 0.4) is 0 Å². The van der Waals surface area contributed by atoms with Crippen molar-refractivity contribution in [1.82, 2.24) is 14.8 Å². The maximum absolute atomic E-state index is 11.6. The lowest BCUT2D eigenvalue weighted by molar-refractivity contribution is -0.143. The molecule has 8 nitrogen and oxygen atoms in total. The molecular weight excluding hydrogens is 238 g/mol. The zero-order valence-corrected chi connectivity index (χ0v) is 9.58. The van der Waals surface area contributed by atoms with Gasteiger partial charge >= 0.3 is 17.8 Å². The number of carbonyl (C=O) groups is 3. The number of aromatic nitrogens is 1. The van der Waals surface area contributed by atoms with E-state index < -0.39 is 17.8 Å². The van der Waals surface area contributed by atoms with Crippen molar-refractivity contribution < 1.29 is 14.4 Å². The minimum Gasteiger partial charge on any atom is -0.308 e. The van der Waals surface area contributed by atoms with E-state index in [2.05, 4.69) is 10.4 Å². The number of nitrogens with two attached hydrogens (primary N) is 1. The number of hydrogen-bond acceptors (Lipinski definition) is 6. The van der Waals surface area contributed by atoms with Crippen LogP contribution in [0.15, 0.2) is 18.3 Å². The predicted molar refractivity (Wildman–Crippen MR) is 60.8 cm³/mol. The van der Waals surface area contributed by atoms with E-state index >= 15 is 0 Å². The molecule has 2 rings (SSSR count). The van der Waals surface area contributed by atoms with E-state index in [4.69, 9.17) is 5.84 Å². The van der Waals surface area contributed by atoms with Crippen molar-refractivity contribution in [3.05, 3.63) is 23.9 Å². The van der Waals surface area contributed by atoms with Crippen LogP contribution >= 0.6 is 0 Å². The quantitative estimate of drug-likeness (QED) is 0.317. The summed E-state index contributed by atoms with van der Waals surface area (Å²) in [5.41, 5.74) is 2.98. The van der Waals surface area contributed by atoms with Gasteiger partial charge in [-0.3, -0.25) is 19.4 Å². The first-order valence-electron chi connectivity index (χ1n) is 5.09. The molecule has 4 amide bonds. The van der Waals surface area contributed by atoms with E-state index in [0.29, 0.717) is 11.4 Å². The van der Waals surface area contributed by atoms with E-state index in [-0.39, 0.29) is 6.54 Å². The van der Waals surface area contributed by atoms with Crippen LogP contribution in [0.25, 0.3) is 0 Å². The highest BCUT2D eigenvalue weighted by molar-refractivity contribution is 6.44. The number of imide groups is 2. The molecule has 1 fully saturated rings. The fourth-order valence-corrected chi connectivity index (χ4v) is 1.54. The predicted octanol–water partition coefficient (Wildman–Crippen LogP) is -0.712. The Hall–Kier alpha value is -2.48. The van der Waals surface area contributed by atoms with E-state index in [1.165, 1.54) is 13.2 Å². The van der Waals surface area contributed by atoms with Crippen molar-refractivity contribution in [2.24, 2.45) is 5.84 Å². The number of likely N-dealkylation sites (N-methyl/N-ethyl adjacent to an activating group) is 1. The molecule has 1 saturated heterocycles. The molecule has 1 aromatic rings. The molecule has 0 aliphatic carbocycles. The van der Waals surface area contributed by atoms with Gasteiger partial charge in [0.2, 0.25) is 0 Å². The zero-order chi connectivity index (χ0) is 13.3. The number of hydrazine groups is 1. The Morgan fingerprint density at radius 2 is 2.00 bits per heavy atom. The van der Waals surface area contributed by atoms with Gasteiger partial charge in [0.25, 0.3) is 0 Å². The minimum absolute atomic E-state index is 0.00555. The second-order valence-corrected chi connectivity index (χ2v) is 3.73. The minimum atomic E-state index is -0.830. The van der Waals surface area contributed by atoms with Gasteiger partial charge in [0.05, 0.1) is 6.54 Å². The second kappa shape index (κ2) is 4.41. The number of nitrogens with zero attached hydrogens (tertiary/aromatic N) is 3. The molecule has 1 aliphatic heterocycles. The maximum atomic E-state index is 11.6. The van der Waals surface area contributed by atoms with Crippen LogP contribution in [0.2, 0.25) is 0 Å². The van der Waals surface area contributed by atoms with Gasteiger partial charge in [0.15, 0.2) is 0 Å². The summed E-state index contributed by atoms with van der Waals surface area (Å²) in [5, 5.41) is 0. The molecule has 0 saturated carbocycles. The van der Waals surface area contributed by atoms with E-state index in [1.807, 2.05) is 0 Å². The van der Waals surface area contributed by atoms with Crippen LogP contribution in [0.5, 0.6) is 0 Å². The molecule has 0 atom stereocenters. The second-order valence-electron chi connectivity index (χ2n) is 3.73. The van der Waals surface area contributed by atoms with Crippen LogP contribution in [0.1, 0.15) is 5.56 Å². The SMILES string of the molecule is CN1C(=O)C(=O)N(Cc2ccc(NN)nc2)C1=O. The molecule has 0 unspecified atom stereocenters. The van der Waals surface area contributed by atoms with Gasteiger partial charge in [-0.2, -0.15) is 0 Å². The average Bonchev–Trinajstić information content (AvgIpc) is 2.57. The molecular formula is C10H11N5O3. The van der Waals surface area contributed by atoms with Gasteiger partial charge in [-0.15, -0.1) is 0 Å². The van der Waals surface area contributed by atoms with Crippen LogP contribution in [0, 0.1) is 0 Å². The Morgan fingerprint density at radius 1 is 1.28 bits per heavy atom. The molecule has 0 aromatic carbocycles. The summed E-state index contributed by atoms with van der Waals surface area (Å²) in [6.45, 7) is 0.00555. The van der Waals surface area contributed by atoms with Crippen LogP contribution in [0.4, 0.5) is 10.6 Å². The number of nitrogen functional groups attached to an aromatic ring is 1. The Kier molecular flexibility index (Phi) is 2.94. The molecule has 3 N–H and O–H groups in total. The molecule has 1 aromatic heterocycles. The van der Waals surface area contributed by atoms with Gasteiger partial charge in [-0.25, -0.2) is 15.6 Å². The normalized spacial score (nSPS) is 15.6. The Labute approximate surface area is 102 Å². The van der Waals surface area contributed by atoms with Crippen molar-refractivity contribution in [3.8, 4) is 0 Å². The zero-order valence-electron chi connectivity index (χ0n) is 9.58. The van der Waals surface area contributed by atoms with Crippen LogP contribution in [-0.2, 0) is 16.1 Å². The standard InChI is InChI=1S/C10H11N5O3/c1-14-8(16)9(17)15(10(14)18)5-6-2-3-7(13-11)12-4-6/h2-4H,5,11H2,1H3,(H,12,13). The number of rotatable bonds is 3. The number of nitrogens with one attached hydrogen (secondary N) is 1. The van der Waals surface area contributed by atoms with Crippen molar-refractivity contribution in [2.75, 3.05) is 12.5 Å². The third kappa shape index (κ3) is 1.89. The van der Waals surface area contributed by atoms with Gasteiger partial charge in [0.1, 0.15) is 5.82 Å². The van der Waals surface area contributed by atoms with Gasteiger partial charge in [-0.05, 0) is 11.6 Å². The van der Waals surface area contributed by atoms with E-state index in [9.17, 15) is 14.4 Å². The maximum Gasteiger partial charge on any atom is 0.334 e. The first-order chi connectivity index (χ1) is 8.54. The summed E-state index contributed by atoms with van der Waals surface area (Å²) in [6.07, 6.45) is 1.47. The Balaban J connectivity index is 2.16. The smallest absolute Gasteiger partial charge is 0.308 e. The summed E-state index contributed by atoms with van der Waals surface area (Å²) >= 11 is 0. The fourth-order valence-electron chi connectivity index (χ4n) is 1.54. The summed E-state index contributed by atoms with van der Waals surface area (Å²) in [7, 11) is 1.27. The molecule has 2 heterocycles. The molecule has 0 radical (unpaired) electrons. The number of carbonyl (C=O) groups excluding carboxylic acids is 3. The lowest BCUT2D eigenvalue weighted by Gasteiger charge is -2.12. The third-order valence-electron chi connectivity index (χ3n) is 2.56. The number of anilines is 1. The van der Waals surface area contributed by atoms with E-state index in [1.54, 1.807) is 12.1 Å². The molecule has 1 aliphatic rings. The highest BCUT2D eigenvalue weighted by Crippen LogP contribution is 2.14. The lowest BCUT2D eigenvalue weighted by Crippen LogP contribution is -2.31. The molecule has 0 bridgehead atoms. The Bertz CT molecular complexity index is 513. The van der Waals surface area contributed by atoms with Crippen molar-refractivity contribution >= 4 is 23.7 Å². The molecule has 8 heteroatoms. The topological polar surface area (TPSA) is 109 Å². The van der Waals surface area contributed by atoms with E-state index in [0.717, 1.165) is 9.80 Å². The molecule has 0 spiro atoms. The van der Waals surface area contributed by atoms with Gasteiger partial charge < -0.3 is 5.43 Å². The van der Waals surface area contributed by atoms with Crippen molar-refractivity contribution in [3.63, 3.8) is 0 Å². The number of pyridine rings is 1. The number of hydrogen-bond donors (Lipinski definition) is 2. The number of urea groups is 1. The van der Waals surface area contributed by atoms with Crippen LogP contribution < -0.4 is 11.3 Å². The summed E-state index contributed by atoms with van der Waals surface area (Å²) in [6, 6.07) is 2.63. The highest BCUT2D eigenvalue weighted by atomic mass is 16.2. The van der Waals surface area contributed by atoms with Crippen molar-refractivity contribution in [2.45, 2.75) is 6.54 Å². The number of amides is 4. The third-order valence-corrected chi connectivity index (χ3v) is 2.56. The van der Waals surface area contributed by atoms with Crippen LogP contribution in [-0.4, -0.2) is 39.7 Å². The molecule has 94 valence electrons. The molecule has 18 heavy (non-hydrogen) atoms. The Morgan fingerprint density at radius 3 is 2.44 bits per heavy atom. The summed E-state index contributed by atoms with van der Waals surface area (Å²) in [4.78, 5) is 40.0. The monoisotopic (exact) mass is 249 g/mol.